The van der Waals surface area contributed by atoms with E-state index in [1.807, 2.05) is 4.90 Å². The molecule has 1 amide bonds. The Morgan fingerprint density at radius 1 is 1.17 bits per heavy atom. The van der Waals surface area contributed by atoms with Crippen molar-refractivity contribution in [3.63, 3.8) is 0 Å². The number of hydrogen-bond acceptors (Lipinski definition) is 3. The van der Waals surface area contributed by atoms with Gasteiger partial charge < -0.3 is 14.5 Å². The van der Waals surface area contributed by atoms with E-state index in [1.165, 1.54) is 18.9 Å². The lowest BCUT2D eigenvalue weighted by Gasteiger charge is -2.41. The zero-order chi connectivity index (χ0) is 21.5. The molecule has 4 rings (SSSR count). The highest BCUT2D eigenvalue weighted by Gasteiger charge is 2.44. The molecule has 0 N–H and O–H groups in total. The third-order valence-electron chi connectivity index (χ3n) is 6.95. The molecule has 0 aromatic heterocycles. The van der Waals surface area contributed by atoms with Gasteiger partial charge in [0, 0.05) is 25.7 Å². The molecule has 1 aromatic carbocycles. The molecule has 166 valence electrons. The number of halogens is 3. The van der Waals surface area contributed by atoms with Gasteiger partial charge in [0.05, 0.1) is 18.1 Å². The minimum atomic E-state index is -4.39. The Morgan fingerprint density at radius 3 is 2.50 bits per heavy atom. The van der Waals surface area contributed by atoms with E-state index in [4.69, 9.17) is 4.74 Å². The van der Waals surface area contributed by atoms with Gasteiger partial charge in [-0.15, -0.1) is 0 Å². The maximum Gasteiger partial charge on any atom is 0.416 e. The quantitative estimate of drug-likeness (QED) is 0.696. The summed E-state index contributed by atoms with van der Waals surface area (Å²) in [6.07, 6.45) is 0.307. The summed E-state index contributed by atoms with van der Waals surface area (Å²) in [5, 5.41) is 0. The first-order valence-electron chi connectivity index (χ1n) is 10.9. The van der Waals surface area contributed by atoms with Gasteiger partial charge in [-0.25, -0.2) is 0 Å². The van der Waals surface area contributed by atoms with Gasteiger partial charge in [-0.05, 0) is 69.2 Å². The van der Waals surface area contributed by atoms with Crippen molar-refractivity contribution in [2.45, 2.75) is 50.4 Å². The fourth-order valence-electron chi connectivity index (χ4n) is 5.00. The second kappa shape index (κ2) is 8.50. The largest absolute Gasteiger partial charge is 0.416 e. The molecule has 30 heavy (non-hydrogen) atoms. The Bertz CT molecular complexity index is 763. The lowest BCUT2D eigenvalue weighted by molar-refractivity contribution is -0.138. The Balaban J connectivity index is 1.37. The van der Waals surface area contributed by atoms with Crippen molar-refractivity contribution in [1.82, 2.24) is 9.80 Å². The van der Waals surface area contributed by atoms with E-state index in [-0.39, 0.29) is 18.4 Å². The molecule has 0 radical (unpaired) electrons. The standard InChI is InChI=1S/C23H31F3N2O2/c1-27(2)20-10-17-12-28(13-18(17)11-21(20)30-14-15-6-7-15)22(29)9-16-4-3-5-19(8-16)23(24,25)26/h3-5,8,15,17-18,20-21H,6-7,9-14H2,1-2H3/t17-,18+,20-,21-/m1/s1. The fraction of sp³-hybridized carbons (Fsp3) is 0.696. The predicted octanol–water partition coefficient (Wildman–Crippen LogP) is 3.84. The number of ether oxygens (including phenoxy) is 1. The van der Waals surface area contributed by atoms with Crippen LogP contribution in [0.1, 0.15) is 36.8 Å². The van der Waals surface area contributed by atoms with Gasteiger partial charge in [0.2, 0.25) is 5.91 Å². The Kier molecular flexibility index (Phi) is 6.13. The smallest absolute Gasteiger partial charge is 0.376 e. The summed E-state index contributed by atoms with van der Waals surface area (Å²) in [7, 11) is 4.17. The van der Waals surface area contributed by atoms with E-state index < -0.39 is 11.7 Å². The lowest BCUT2D eigenvalue weighted by atomic mass is 9.77. The number of hydrogen-bond donors (Lipinski definition) is 0. The molecular weight excluding hydrogens is 393 g/mol. The summed E-state index contributed by atoms with van der Waals surface area (Å²) < 4.78 is 45.1. The van der Waals surface area contributed by atoms with E-state index in [1.54, 1.807) is 6.07 Å². The van der Waals surface area contributed by atoms with E-state index >= 15 is 0 Å². The van der Waals surface area contributed by atoms with Crippen LogP contribution >= 0.6 is 0 Å². The van der Waals surface area contributed by atoms with Gasteiger partial charge in [-0.1, -0.05) is 18.2 Å². The van der Waals surface area contributed by atoms with Crippen LogP contribution in [0.4, 0.5) is 13.2 Å². The summed E-state index contributed by atoms with van der Waals surface area (Å²) in [4.78, 5) is 16.9. The first kappa shape index (κ1) is 21.6. The number of likely N-dealkylation sites (tertiary alicyclic amines) is 1. The van der Waals surface area contributed by atoms with Gasteiger partial charge in [-0.2, -0.15) is 13.2 Å². The Labute approximate surface area is 176 Å². The maximum atomic E-state index is 13.0. The molecule has 7 heteroatoms. The summed E-state index contributed by atoms with van der Waals surface area (Å²) in [5.41, 5.74) is -0.283. The monoisotopic (exact) mass is 424 g/mol. The van der Waals surface area contributed by atoms with Gasteiger partial charge in [0.1, 0.15) is 0 Å². The van der Waals surface area contributed by atoms with Gasteiger partial charge >= 0.3 is 6.18 Å². The van der Waals surface area contributed by atoms with Crippen molar-refractivity contribution in [3.8, 4) is 0 Å². The zero-order valence-corrected chi connectivity index (χ0v) is 17.7. The highest BCUT2D eigenvalue weighted by atomic mass is 19.4. The minimum absolute atomic E-state index is 0.0160. The van der Waals surface area contributed by atoms with E-state index in [9.17, 15) is 18.0 Å². The highest BCUT2D eigenvalue weighted by molar-refractivity contribution is 5.79. The van der Waals surface area contributed by atoms with Crippen LogP contribution < -0.4 is 0 Å². The van der Waals surface area contributed by atoms with Crippen LogP contribution in [0.3, 0.4) is 0 Å². The third kappa shape index (κ3) is 4.99. The molecule has 2 aliphatic carbocycles. The first-order valence-corrected chi connectivity index (χ1v) is 10.9. The van der Waals surface area contributed by atoms with E-state index in [0.29, 0.717) is 36.5 Å². The summed E-state index contributed by atoms with van der Waals surface area (Å²) >= 11 is 0. The van der Waals surface area contributed by atoms with Crippen LogP contribution in [0.5, 0.6) is 0 Å². The Morgan fingerprint density at radius 2 is 1.87 bits per heavy atom. The molecule has 4 nitrogen and oxygen atoms in total. The topological polar surface area (TPSA) is 32.8 Å². The van der Waals surface area contributed by atoms with Crippen molar-refractivity contribution in [3.05, 3.63) is 35.4 Å². The van der Waals surface area contributed by atoms with Crippen LogP contribution in [0.15, 0.2) is 24.3 Å². The molecular formula is C23H31F3N2O2. The second-order valence-electron chi connectivity index (χ2n) is 9.51. The van der Waals surface area contributed by atoms with Gasteiger partial charge in [-0.3, -0.25) is 4.79 Å². The number of alkyl halides is 3. The molecule has 4 atom stereocenters. The SMILES string of the molecule is CN(C)[C@@H]1C[C@@H]2CN(C(=O)Cc3cccc(C(F)(F)F)c3)C[C@@H]2C[C@H]1OCC1CC1. The van der Waals surface area contributed by atoms with Crippen LogP contribution in [0.25, 0.3) is 0 Å². The molecule has 0 unspecified atom stereocenters. The van der Waals surface area contributed by atoms with Gasteiger partial charge in [0.25, 0.3) is 0 Å². The minimum Gasteiger partial charge on any atom is -0.376 e. The molecule has 0 bridgehead atoms. The summed E-state index contributed by atoms with van der Waals surface area (Å²) in [6.45, 7) is 2.22. The van der Waals surface area contributed by atoms with Crippen molar-refractivity contribution in [2.24, 2.45) is 17.8 Å². The Hall–Kier alpha value is -1.60. The number of rotatable bonds is 6. The number of fused-ring (bicyclic) bond motifs is 1. The normalized spacial score (nSPS) is 29.3. The third-order valence-corrected chi connectivity index (χ3v) is 6.95. The zero-order valence-electron chi connectivity index (χ0n) is 17.7. The van der Waals surface area contributed by atoms with Crippen molar-refractivity contribution < 1.29 is 22.7 Å². The van der Waals surface area contributed by atoms with Crippen LogP contribution in [0.2, 0.25) is 0 Å². The van der Waals surface area contributed by atoms with Crippen molar-refractivity contribution in [1.29, 1.82) is 0 Å². The van der Waals surface area contributed by atoms with Crippen molar-refractivity contribution >= 4 is 5.91 Å². The molecule has 0 spiro atoms. The number of carbonyl (C=O) groups excluding carboxylic acids is 1. The molecule has 2 saturated carbocycles. The van der Waals surface area contributed by atoms with E-state index in [2.05, 4.69) is 19.0 Å². The summed E-state index contributed by atoms with van der Waals surface area (Å²) in [6, 6.07) is 5.45. The maximum absolute atomic E-state index is 13.0. The lowest BCUT2D eigenvalue weighted by Crippen LogP contribution is -2.48. The fourth-order valence-corrected chi connectivity index (χ4v) is 5.00. The van der Waals surface area contributed by atoms with Crippen LogP contribution in [0, 0.1) is 17.8 Å². The number of carbonyl (C=O) groups is 1. The number of amides is 1. The molecule has 1 heterocycles. The van der Waals surface area contributed by atoms with Gasteiger partial charge in [0.15, 0.2) is 0 Å². The highest BCUT2D eigenvalue weighted by Crippen LogP contribution is 2.40. The number of likely N-dealkylation sites (N-methyl/N-ethyl adjacent to an activating group) is 1. The van der Waals surface area contributed by atoms with Crippen molar-refractivity contribution in [2.75, 3.05) is 33.8 Å². The summed E-state index contributed by atoms with van der Waals surface area (Å²) in [5.74, 6) is 1.49. The molecule has 3 aliphatic rings. The second-order valence-corrected chi connectivity index (χ2v) is 9.51. The van der Waals surface area contributed by atoms with Crippen LogP contribution in [-0.2, 0) is 22.1 Å². The first-order chi connectivity index (χ1) is 14.2. The van der Waals surface area contributed by atoms with E-state index in [0.717, 1.165) is 37.5 Å². The average molecular weight is 425 g/mol. The average Bonchev–Trinajstić information content (AvgIpc) is 3.42. The van der Waals surface area contributed by atoms with Crippen LogP contribution in [-0.4, -0.2) is 61.6 Å². The molecule has 1 saturated heterocycles. The molecule has 3 fully saturated rings. The molecule has 1 aromatic rings. The number of benzene rings is 1. The number of nitrogens with zero attached hydrogens (tertiary/aromatic N) is 2. The molecule has 1 aliphatic heterocycles. The predicted molar refractivity (Wildman–Crippen MR) is 108 cm³/mol.